The molecule has 0 spiro atoms. The maximum Gasteiger partial charge on any atom is 0.254 e. The highest BCUT2D eigenvalue weighted by Crippen LogP contribution is 2.28. The van der Waals surface area contributed by atoms with Crippen LogP contribution in [-0.2, 0) is 0 Å². The Balaban J connectivity index is 1.54. The summed E-state index contributed by atoms with van der Waals surface area (Å²) in [6, 6.07) is 9.53. The summed E-state index contributed by atoms with van der Waals surface area (Å²) >= 11 is 0. The highest BCUT2D eigenvalue weighted by atomic mass is 16.5. The van der Waals surface area contributed by atoms with Crippen molar-refractivity contribution in [3.63, 3.8) is 0 Å². The molecular formula is C21H21N3O2. The molecule has 3 heterocycles. The van der Waals surface area contributed by atoms with E-state index >= 15 is 0 Å². The minimum Gasteiger partial charge on any atom is -0.496 e. The molecular weight excluding hydrogens is 326 g/mol. The number of amides is 1. The van der Waals surface area contributed by atoms with Crippen molar-refractivity contribution in [3.05, 3.63) is 65.5 Å². The van der Waals surface area contributed by atoms with Gasteiger partial charge in [-0.2, -0.15) is 0 Å². The molecule has 132 valence electrons. The van der Waals surface area contributed by atoms with Crippen LogP contribution in [0.25, 0.3) is 16.6 Å². The summed E-state index contributed by atoms with van der Waals surface area (Å²) in [5.74, 6) is 0.859. The van der Waals surface area contributed by atoms with Crippen LogP contribution in [-0.4, -0.2) is 41.0 Å². The van der Waals surface area contributed by atoms with E-state index in [0.29, 0.717) is 18.7 Å². The van der Waals surface area contributed by atoms with Crippen molar-refractivity contribution >= 4 is 22.5 Å². The van der Waals surface area contributed by atoms with E-state index in [2.05, 4.69) is 16.0 Å². The van der Waals surface area contributed by atoms with E-state index in [1.807, 2.05) is 54.5 Å². The predicted molar refractivity (Wildman–Crippen MR) is 102 cm³/mol. The number of aryl methyl sites for hydroxylation is 1. The normalized spacial score (nSPS) is 14.4. The van der Waals surface area contributed by atoms with Crippen molar-refractivity contribution in [2.24, 2.45) is 0 Å². The Morgan fingerprint density at radius 2 is 2.19 bits per heavy atom. The number of hydrogen-bond donors (Lipinski definition) is 1. The first kappa shape index (κ1) is 16.4. The molecule has 0 bridgehead atoms. The van der Waals surface area contributed by atoms with E-state index in [9.17, 15) is 4.79 Å². The Morgan fingerprint density at radius 3 is 2.92 bits per heavy atom. The highest BCUT2D eigenvalue weighted by Gasteiger charge is 2.21. The van der Waals surface area contributed by atoms with Crippen LogP contribution in [0.5, 0.6) is 5.75 Å². The standard InChI is InChI=1S/C21H21N3O2/c1-14-12-16(5-6-19(14)26-2)21(25)24-10-7-15(8-11-24)17-13-23-18-4-3-9-22-20(17)18/h3-7,9,12-13,23H,8,10-11H2,1-2H3. The van der Waals surface area contributed by atoms with Gasteiger partial charge in [-0.25, -0.2) is 0 Å². The molecule has 26 heavy (non-hydrogen) atoms. The second-order valence-electron chi connectivity index (χ2n) is 6.52. The summed E-state index contributed by atoms with van der Waals surface area (Å²) < 4.78 is 5.27. The SMILES string of the molecule is COc1ccc(C(=O)N2CC=C(c3c[nH]c4cccnc34)CC2)cc1C. The number of nitrogens with zero attached hydrogens (tertiary/aromatic N) is 2. The zero-order chi connectivity index (χ0) is 18.1. The van der Waals surface area contributed by atoms with Crippen molar-refractivity contribution in [1.29, 1.82) is 0 Å². The van der Waals surface area contributed by atoms with Gasteiger partial charge >= 0.3 is 0 Å². The van der Waals surface area contributed by atoms with Gasteiger partial charge in [0, 0.05) is 36.6 Å². The molecule has 5 heteroatoms. The molecule has 5 nitrogen and oxygen atoms in total. The van der Waals surface area contributed by atoms with Gasteiger partial charge in [0.05, 0.1) is 18.1 Å². The molecule has 0 atom stereocenters. The number of nitrogens with one attached hydrogen (secondary N) is 1. The molecule has 1 aliphatic heterocycles. The Bertz CT molecular complexity index is 1000. The lowest BCUT2D eigenvalue weighted by molar-refractivity contribution is 0.0773. The van der Waals surface area contributed by atoms with Crippen LogP contribution in [0.15, 0.2) is 48.8 Å². The molecule has 1 amide bonds. The smallest absolute Gasteiger partial charge is 0.254 e. The van der Waals surface area contributed by atoms with Gasteiger partial charge in [0.1, 0.15) is 5.75 Å². The first-order chi connectivity index (χ1) is 12.7. The number of H-pyrrole nitrogens is 1. The minimum atomic E-state index is 0.0584. The molecule has 0 saturated carbocycles. The molecule has 4 rings (SSSR count). The second-order valence-corrected chi connectivity index (χ2v) is 6.52. The number of carbonyl (C=O) groups excluding carboxylic acids is 1. The van der Waals surface area contributed by atoms with Gasteiger partial charge in [0.2, 0.25) is 0 Å². The fourth-order valence-corrected chi connectivity index (χ4v) is 3.49. The van der Waals surface area contributed by atoms with E-state index in [-0.39, 0.29) is 5.91 Å². The number of aromatic nitrogens is 2. The van der Waals surface area contributed by atoms with E-state index < -0.39 is 0 Å². The first-order valence-corrected chi connectivity index (χ1v) is 8.73. The van der Waals surface area contributed by atoms with Crippen LogP contribution in [0, 0.1) is 6.92 Å². The van der Waals surface area contributed by atoms with Crippen LogP contribution in [0.2, 0.25) is 0 Å². The molecule has 1 aliphatic rings. The summed E-state index contributed by atoms with van der Waals surface area (Å²) in [5.41, 5.74) is 6.07. The van der Waals surface area contributed by atoms with Gasteiger partial charge in [-0.1, -0.05) is 6.08 Å². The van der Waals surface area contributed by atoms with Gasteiger partial charge in [-0.15, -0.1) is 0 Å². The third-order valence-electron chi connectivity index (χ3n) is 4.92. The molecule has 0 saturated heterocycles. The van der Waals surface area contributed by atoms with E-state index in [4.69, 9.17) is 4.74 Å². The first-order valence-electron chi connectivity index (χ1n) is 8.73. The zero-order valence-corrected chi connectivity index (χ0v) is 15.0. The second kappa shape index (κ2) is 6.67. The lowest BCUT2D eigenvalue weighted by Gasteiger charge is -2.26. The molecule has 0 fully saturated rings. The van der Waals surface area contributed by atoms with E-state index in [1.54, 1.807) is 7.11 Å². The lowest BCUT2D eigenvalue weighted by Crippen LogP contribution is -2.34. The van der Waals surface area contributed by atoms with Crippen molar-refractivity contribution < 1.29 is 9.53 Å². The van der Waals surface area contributed by atoms with Crippen LogP contribution >= 0.6 is 0 Å². The lowest BCUT2D eigenvalue weighted by atomic mass is 10.00. The largest absolute Gasteiger partial charge is 0.496 e. The number of hydrogen-bond acceptors (Lipinski definition) is 3. The number of pyridine rings is 1. The molecule has 1 aromatic carbocycles. The maximum absolute atomic E-state index is 12.8. The Kier molecular flexibility index (Phi) is 4.21. The topological polar surface area (TPSA) is 58.2 Å². The number of fused-ring (bicyclic) bond motifs is 1. The third-order valence-corrected chi connectivity index (χ3v) is 4.92. The maximum atomic E-state index is 12.8. The van der Waals surface area contributed by atoms with Crippen molar-refractivity contribution in [3.8, 4) is 5.75 Å². The summed E-state index contributed by atoms with van der Waals surface area (Å²) in [5, 5.41) is 0. The Morgan fingerprint density at radius 1 is 1.31 bits per heavy atom. The Labute approximate surface area is 152 Å². The van der Waals surface area contributed by atoms with Gasteiger partial charge in [0.25, 0.3) is 5.91 Å². The summed E-state index contributed by atoms with van der Waals surface area (Å²) in [6.45, 7) is 3.27. The van der Waals surface area contributed by atoms with Gasteiger partial charge < -0.3 is 14.6 Å². The monoisotopic (exact) mass is 347 g/mol. The number of aromatic amines is 1. The fourth-order valence-electron chi connectivity index (χ4n) is 3.49. The average molecular weight is 347 g/mol. The number of methoxy groups -OCH3 is 1. The number of rotatable bonds is 3. The molecule has 1 N–H and O–H groups in total. The molecule has 2 aromatic heterocycles. The summed E-state index contributed by atoms with van der Waals surface area (Å²) in [7, 11) is 1.64. The zero-order valence-electron chi connectivity index (χ0n) is 15.0. The third kappa shape index (κ3) is 2.86. The number of carbonyl (C=O) groups is 1. The van der Waals surface area contributed by atoms with Crippen LogP contribution in [0.4, 0.5) is 0 Å². The summed E-state index contributed by atoms with van der Waals surface area (Å²) in [4.78, 5) is 22.4. The van der Waals surface area contributed by atoms with Crippen molar-refractivity contribution in [2.75, 3.05) is 20.2 Å². The summed E-state index contributed by atoms with van der Waals surface area (Å²) in [6.07, 6.45) is 6.78. The molecule has 0 unspecified atom stereocenters. The Hall–Kier alpha value is -3.08. The molecule has 0 radical (unpaired) electrons. The highest BCUT2D eigenvalue weighted by molar-refractivity contribution is 5.96. The quantitative estimate of drug-likeness (QED) is 0.784. The van der Waals surface area contributed by atoms with Gasteiger partial charge in [-0.05, 0) is 54.8 Å². The number of ether oxygens (including phenoxy) is 1. The van der Waals surface area contributed by atoms with Crippen LogP contribution in [0.1, 0.15) is 27.9 Å². The van der Waals surface area contributed by atoms with Crippen LogP contribution in [0.3, 0.4) is 0 Å². The average Bonchev–Trinajstić information content (AvgIpc) is 3.11. The fraction of sp³-hybridized carbons (Fsp3) is 0.238. The minimum absolute atomic E-state index is 0.0584. The molecule has 3 aromatic rings. The van der Waals surface area contributed by atoms with Crippen molar-refractivity contribution in [1.82, 2.24) is 14.9 Å². The van der Waals surface area contributed by atoms with E-state index in [1.165, 1.54) is 5.57 Å². The van der Waals surface area contributed by atoms with Crippen molar-refractivity contribution in [2.45, 2.75) is 13.3 Å². The van der Waals surface area contributed by atoms with E-state index in [0.717, 1.165) is 34.3 Å². The number of benzene rings is 1. The van der Waals surface area contributed by atoms with Gasteiger partial charge in [-0.3, -0.25) is 9.78 Å². The van der Waals surface area contributed by atoms with Crippen LogP contribution < -0.4 is 4.74 Å². The predicted octanol–water partition coefficient (Wildman–Crippen LogP) is 3.81. The molecule has 0 aliphatic carbocycles. The van der Waals surface area contributed by atoms with Gasteiger partial charge in [0.15, 0.2) is 0 Å².